The first-order valence-electron chi connectivity index (χ1n) is 6.97. The lowest BCUT2D eigenvalue weighted by molar-refractivity contribution is 0.0914. The summed E-state index contributed by atoms with van der Waals surface area (Å²) in [5.41, 5.74) is 0.490. The number of aliphatic hydroxyl groups is 1. The first kappa shape index (κ1) is 16.3. The third-order valence-electron chi connectivity index (χ3n) is 2.85. The maximum atomic E-state index is 12.1. The van der Waals surface area contributed by atoms with Crippen LogP contribution in [0.1, 0.15) is 37.6 Å². The van der Waals surface area contributed by atoms with Crippen molar-refractivity contribution in [2.24, 2.45) is 0 Å². The molecule has 1 amide bonds. The Morgan fingerprint density at radius 2 is 1.85 bits per heavy atom. The van der Waals surface area contributed by atoms with Crippen molar-refractivity contribution in [3.63, 3.8) is 0 Å². The minimum atomic E-state index is -0.232. The van der Waals surface area contributed by atoms with Crippen LogP contribution in [0.25, 0.3) is 0 Å². The number of benzene rings is 1. The summed E-state index contributed by atoms with van der Waals surface area (Å²) in [6.07, 6.45) is 0.678. The Kier molecular flexibility index (Phi) is 6.87. The van der Waals surface area contributed by atoms with Gasteiger partial charge in [0.25, 0.3) is 5.91 Å². The predicted molar refractivity (Wildman–Crippen MR) is 77.4 cm³/mol. The zero-order chi connectivity index (χ0) is 15.0. The van der Waals surface area contributed by atoms with E-state index in [1.807, 2.05) is 20.8 Å². The van der Waals surface area contributed by atoms with Gasteiger partial charge in [-0.1, -0.05) is 6.92 Å². The lowest BCUT2D eigenvalue weighted by Crippen LogP contribution is -2.36. The molecule has 1 aromatic carbocycles. The van der Waals surface area contributed by atoms with Crippen molar-refractivity contribution in [2.45, 2.75) is 33.2 Å². The third-order valence-corrected chi connectivity index (χ3v) is 2.85. The minimum Gasteiger partial charge on any atom is -0.490 e. The van der Waals surface area contributed by atoms with Gasteiger partial charge in [-0.05, 0) is 38.5 Å². The summed E-state index contributed by atoms with van der Waals surface area (Å²) >= 11 is 0. The summed E-state index contributed by atoms with van der Waals surface area (Å²) in [5.74, 6) is 0.953. The Morgan fingerprint density at radius 1 is 1.20 bits per heavy atom. The molecule has 20 heavy (non-hydrogen) atoms. The summed E-state index contributed by atoms with van der Waals surface area (Å²) in [6, 6.07) is 4.84. The largest absolute Gasteiger partial charge is 0.490 e. The molecule has 0 saturated carbocycles. The Morgan fingerprint density at radius 3 is 2.40 bits per heavy atom. The van der Waals surface area contributed by atoms with Crippen LogP contribution < -0.4 is 14.8 Å². The van der Waals surface area contributed by atoms with Crippen molar-refractivity contribution in [1.82, 2.24) is 5.32 Å². The van der Waals surface area contributed by atoms with E-state index in [1.54, 1.807) is 18.2 Å². The topological polar surface area (TPSA) is 67.8 Å². The van der Waals surface area contributed by atoms with Crippen molar-refractivity contribution in [1.29, 1.82) is 0 Å². The maximum absolute atomic E-state index is 12.1. The van der Waals surface area contributed by atoms with E-state index in [2.05, 4.69) is 5.32 Å². The van der Waals surface area contributed by atoms with E-state index in [-0.39, 0.29) is 18.6 Å². The lowest BCUT2D eigenvalue weighted by atomic mass is 10.1. The lowest BCUT2D eigenvalue weighted by Gasteiger charge is -2.15. The summed E-state index contributed by atoms with van der Waals surface area (Å²) < 4.78 is 10.9. The van der Waals surface area contributed by atoms with E-state index in [0.717, 1.165) is 0 Å². The fourth-order valence-electron chi connectivity index (χ4n) is 1.74. The number of carbonyl (C=O) groups is 1. The Labute approximate surface area is 119 Å². The minimum absolute atomic E-state index is 0.0718. The second-order valence-corrected chi connectivity index (χ2v) is 4.29. The molecule has 5 heteroatoms. The highest BCUT2D eigenvalue weighted by Gasteiger charge is 2.14. The van der Waals surface area contributed by atoms with Crippen LogP contribution in [0, 0.1) is 0 Å². The van der Waals surface area contributed by atoms with Crippen molar-refractivity contribution < 1.29 is 19.4 Å². The molecule has 0 spiro atoms. The normalized spacial score (nSPS) is 11.8. The second kappa shape index (κ2) is 8.43. The van der Waals surface area contributed by atoms with Crippen LogP contribution in [0.15, 0.2) is 18.2 Å². The molecule has 112 valence electrons. The fraction of sp³-hybridized carbons (Fsp3) is 0.533. The molecule has 0 aliphatic carbocycles. The zero-order valence-corrected chi connectivity index (χ0v) is 12.3. The van der Waals surface area contributed by atoms with E-state index in [1.165, 1.54) is 0 Å². The van der Waals surface area contributed by atoms with Crippen LogP contribution in [-0.4, -0.2) is 36.9 Å². The van der Waals surface area contributed by atoms with Crippen LogP contribution >= 0.6 is 0 Å². The molecule has 0 aliphatic rings. The molecule has 2 N–H and O–H groups in total. The molecule has 0 bridgehead atoms. The first-order chi connectivity index (χ1) is 9.65. The van der Waals surface area contributed by atoms with Crippen molar-refractivity contribution in [2.75, 3.05) is 19.8 Å². The average Bonchev–Trinajstić information content (AvgIpc) is 2.46. The number of carbonyl (C=O) groups excluding carboxylic acids is 1. The number of nitrogens with one attached hydrogen (secondary N) is 1. The molecule has 1 rings (SSSR count). The van der Waals surface area contributed by atoms with E-state index < -0.39 is 0 Å². The fourth-order valence-corrected chi connectivity index (χ4v) is 1.74. The van der Waals surface area contributed by atoms with Gasteiger partial charge in [-0.2, -0.15) is 0 Å². The van der Waals surface area contributed by atoms with Gasteiger partial charge in [-0.3, -0.25) is 4.79 Å². The van der Waals surface area contributed by atoms with Gasteiger partial charge in [0.1, 0.15) is 0 Å². The Hall–Kier alpha value is -1.75. The SMILES string of the molecule is CCOc1ccc(C(=O)N[C@@H](CC)CO)cc1OCC. The van der Waals surface area contributed by atoms with Gasteiger partial charge in [0.05, 0.1) is 25.9 Å². The molecule has 1 aromatic rings. The van der Waals surface area contributed by atoms with Gasteiger partial charge < -0.3 is 19.9 Å². The number of aliphatic hydroxyl groups excluding tert-OH is 1. The summed E-state index contributed by atoms with van der Waals surface area (Å²) in [6.45, 7) is 6.64. The highest BCUT2D eigenvalue weighted by Crippen LogP contribution is 2.28. The van der Waals surface area contributed by atoms with E-state index >= 15 is 0 Å². The summed E-state index contributed by atoms with van der Waals surface area (Å²) in [4.78, 5) is 12.1. The first-order valence-corrected chi connectivity index (χ1v) is 6.97. The Balaban J connectivity index is 2.89. The number of ether oxygens (including phenoxy) is 2. The van der Waals surface area contributed by atoms with E-state index in [9.17, 15) is 4.79 Å². The summed E-state index contributed by atoms with van der Waals surface area (Å²) in [5, 5.41) is 11.9. The van der Waals surface area contributed by atoms with E-state index in [0.29, 0.717) is 36.7 Å². The summed E-state index contributed by atoms with van der Waals surface area (Å²) in [7, 11) is 0. The molecule has 5 nitrogen and oxygen atoms in total. The molecule has 0 unspecified atom stereocenters. The predicted octanol–water partition coefficient (Wildman–Crippen LogP) is 1.98. The van der Waals surface area contributed by atoms with Gasteiger partial charge in [-0.25, -0.2) is 0 Å². The third kappa shape index (κ3) is 4.42. The van der Waals surface area contributed by atoms with Gasteiger partial charge >= 0.3 is 0 Å². The molecule has 0 radical (unpaired) electrons. The smallest absolute Gasteiger partial charge is 0.251 e. The van der Waals surface area contributed by atoms with Crippen LogP contribution in [0.4, 0.5) is 0 Å². The molecule has 0 saturated heterocycles. The van der Waals surface area contributed by atoms with Crippen molar-refractivity contribution in [3.8, 4) is 11.5 Å². The number of rotatable bonds is 8. The average molecular weight is 281 g/mol. The van der Waals surface area contributed by atoms with Gasteiger partial charge in [-0.15, -0.1) is 0 Å². The number of amides is 1. The van der Waals surface area contributed by atoms with Crippen LogP contribution in [-0.2, 0) is 0 Å². The molecule has 1 atom stereocenters. The van der Waals surface area contributed by atoms with E-state index in [4.69, 9.17) is 14.6 Å². The van der Waals surface area contributed by atoms with Crippen LogP contribution in [0.5, 0.6) is 11.5 Å². The maximum Gasteiger partial charge on any atom is 0.251 e. The van der Waals surface area contributed by atoms with Crippen molar-refractivity contribution >= 4 is 5.91 Å². The van der Waals surface area contributed by atoms with Gasteiger partial charge in [0, 0.05) is 5.56 Å². The second-order valence-electron chi connectivity index (χ2n) is 4.29. The molecule has 0 aromatic heterocycles. The highest BCUT2D eigenvalue weighted by molar-refractivity contribution is 5.95. The molecule has 0 heterocycles. The molecular formula is C15H23NO4. The van der Waals surface area contributed by atoms with Gasteiger partial charge in [0.2, 0.25) is 0 Å². The quantitative estimate of drug-likeness (QED) is 0.764. The molecule has 0 fully saturated rings. The molecule has 0 aliphatic heterocycles. The standard InChI is InChI=1S/C15H23NO4/c1-4-12(10-17)16-15(18)11-7-8-13(19-5-2)14(9-11)20-6-3/h7-9,12,17H,4-6,10H2,1-3H3,(H,16,18)/t12-/m0/s1. The number of hydrogen-bond donors (Lipinski definition) is 2. The van der Waals surface area contributed by atoms with Gasteiger partial charge in [0.15, 0.2) is 11.5 Å². The van der Waals surface area contributed by atoms with Crippen molar-refractivity contribution in [3.05, 3.63) is 23.8 Å². The highest BCUT2D eigenvalue weighted by atomic mass is 16.5. The zero-order valence-electron chi connectivity index (χ0n) is 12.3. The number of hydrogen-bond acceptors (Lipinski definition) is 4. The van der Waals surface area contributed by atoms with Crippen LogP contribution in [0.2, 0.25) is 0 Å². The Bertz CT molecular complexity index is 430. The molecular weight excluding hydrogens is 258 g/mol. The van der Waals surface area contributed by atoms with Crippen LogP contribution in [0.3, 0.4) is 0 Å². The monoisotopic (exact) mass is 281 g/mol.